The fourth-order valence-electron chi connectivity index (χ4n) is 3.10. The van der Waals surface area contributed by atoms with E-state index < -0.39 is 34.6 Å². The third kappa shape index (κ3) is 3.23. The first-order valence-corrected chi connectivity index (χ1v) is 9.15. The summed E-state index contributed by atoms with van der Waals surface area (Å²) in [5.41, 5.74) is -2.34. The number of anilines is 1. The number of nitrogens with one attached hydrogen (secondary N) is 1. The zero-order valence-electron chi connectivity index (χ0n) is 16.7. The first-order chi connectivity index (χ1) is 13.2. The fourth-order valence-corrected chi connectivity index (χ4v) is 3.10. The Morgan fingerprint density at radius 1 is 1.00 bits per heavy atom. The minimum atomic E-state index is -1.75. The Bertz CT molecular complexity index is 799. The van der Waals surface area contributed by atoms with Gasteiger partial charge in [-0.2, -0.15) is 0 Å². The Balaban J connectivity index is 2.63. The van der Waals surface area contributed by atoms with Crippen LogP contribution in [-0.2, 0) is 44.2 Å². The SMILES string of the molecule is CCOC(=O)C(C)(C(=O)OCC)c1ccc2c(c1)C(C)(C(=O)OCC)C(=O)N2. The lowest BCUT2D eigenvalue weighted by Crippen LogP contribution is -2.44. The Hall–Kier alpha value is -2.90. The number of amides is 1. The largest absolute Gasteiger partial charge is 0.465 e. The molecule has 0 bridgehead atoms. The van der Waals surface area contributed by atoms with Gasteiger partial charge in [-0.3, -0.25) is 19.2 Å². The Kier molecular flexibility index (Phi) is 6.11. The molecule has 28 heavy (non-hydrogen) atoms. The van der Waals surface area contributed by atoms with Crippen molar-refractivity contribution >= 4 is 29.5 Å². The van der Waals surface area contributed by atoms with Gasteiger partial charge in [0.2, 0.25) is 5.91 Å². The zero-order valence-corrected chi connectivity index (χ0v) is 16.7. The quantitative estimate of drug-likeness (QED) is 0.429. The molecule has 1 amide bonds. The van der Waals surface area contributed by atoms with Gasteiger partial charge in [0.15, 0.2) is 10.8 Å². The molecule has 2 rings (SSSR count). The van der Waals surface area contributed by atoms with Crippen molar-refractivity contribution in [3.8, 4) is 0 Å². The average Bonchev–Trinajstić information content (AvgIpc) is 2.92. The van der Waals surface area contributed by atoms with Crippen LogP contribution in [0, 0.1) is 0 Å². The Morgan fingerprint density at radius 2 is 1.54 bits per heavy atom. The van der Waals surface area contributed by atoms with Gasteiger partial charge in [-0.05, 0) is 46.2 Å². The van der Waals surface area contributed by atoms with Gasteiger partial charge in [0, 0.05) is 11.3 Å². The maximum absolute atomic E-state index is 12.6. The predicted molar refractivity (Wildman–Crippen MR) is 99.7 cm³/mol. The van der Waals surface area contributed by atoms with E-state index in [0.717, 1.165) is 0 Å². The highest BCUT2D eigenvalue weighted by atomic mass is 16.6. The number of esters is 3. The van der Waals surface area contributed by atoms with Crippen molar-refractivity contribution in [3.63, 3.8) is 0 Å². The number of hydrogen-bond acceptors (Lipinski definition) is 7. The lowest BCUT2D eigenvalue weighted by Gasteiger charge is -2.27. The first-order valence-electron chi connectivity index (χ1n) is 9.15. The van der Waals surface area contributed by atoms with Crippen LogP contribution in [0.5, 0.6) is 0 Å². The van der Waals surface area contributed by atoms with Gasteiger partial charge in [0.25, 0.3) is 0 Å². The molecule has 8 heteroatoms. The molecule has 0 saturated heterocycles. The maximum Gasteiger partial charge on any atom is 0.327 e. The van der Waals surface area contributed by atoms with Crippen LogP contribution < -0.4 is 5.32 Å². The predicted octanol–water partition coefficient (Wildman–Crippen LogP) is 1.84. The molecule has 8 nitrogen and oxygen atoms in total. The molecule has 1 aliphatic rings. The standard InChI is InChI=1S/C20H25NO7/c1-6-26-16(23)19(4,17(24)27-7-2)12-9-10-14-13(11-12)20(5,15(22)21-14)18(25)28-8-3/h9-11H,6-8H2,1-5H3,(H,21,22). The Labute approximate surface area is 163 Å². The third-order valence-electron chi connectivity index (χ3n) is 4.89. The van der Waals surface area contributed by atoms with Crippen LogP contribution in [0.25, 0.3) is 0 Å². The zero-order chi connectivity index (χ0) is 21.1. The summed E-state index contributed by atoms with van der Waals surface area (Å²) >= 11 is 0. The van der Waals surface area contributed by atoms with Crippen molar-refractivity contribution < 1.29 is 33.4 Å². The van der Waals surface area contributed by atoms with Crippen LogP contribution in [-0.4, -0.2) is 43.6 Å². The first kappa shape index (κ1) is 21.4. The van der Waals surface area contributed by atoms with E-state index >= 15 is 0 Å². The van der Waals surface area contributed by atoms with Gasteiger partial charge in [-0.15, -0.1) is 0 Å². The van der Waals surface area contributed by atoms with Gasteiger partial charge >= 0.3 is 17.9 Å². The van der Waals surface area contributed by atoms with Crippen LogP contribution in [0.3, 0.4) is 0 Å². The summed E-state index contributed by atoms with van der Waals surface area (Å²) in [6, 6.07) is 4.56. The van der Waals surface area contributed by atoms with E-state index in [1.165, 1.54) is 26.0 Å². The highest BCUT2D eigenvalue weighted by Gasteiger charge is 2.52. The summed E-state index contributed by atoms with van der Waals surface area (Å²) in [5.74, 6) is -2.79. The molecule has 0 aliphatic carbocycles. The summed E-state index contributed by atoms with van der Waals surface area (Å²) in [4.78, 5) is 50.3. The maximum atomic E-state index is 12.6. The van der Waals surface area contributed by atoms with E-state index in [-0.39, 0.29) is 25.4 Å². The molecule has 1 unspecified atom stereocenters. The van der Waals surface area contributed by atoms with Gasteiger partial charge < -0.3 is 19.5 Å². The molecule has 1 heterocycles. The third-order valence-corrected chi connectivity index (χ3v) is 4.89. The Morgan fingerprint density at radius 3 is 2.04 bits per heavy atom. The summed E-state index contributed by atoms with van der Waals surface area (Å²) in [6.45, 7) is 8.03. The van der Waals surface area contributed by atoms with Crippen LogP contribution >= 0.6 is 0 Å². The highest BCUT2D eigenvalue weighted by molar-refractivity contribution is 6.19. The van der Waals surface area contributed by atoms with Crippen LogP contribution in [0.4, 0.5) is 5.69 Å². The van der Waals surface area contributed by atoms with E-state index in [1.54, 1.807) is 26.8 Å². The van der Waals surface area contributed by atoms with Crippen molar-refractivity contribution in [2.75, 3.05) is 25.1 Å². The molecule has 152 valence electrons. The van der Waals surface area contributed by atoms with E-state index in [1.807, 2.05) is 0 Å². The van der Waals surface area contributed by atoms with Gasteiger partial charge in [0.05, 0.1) is 19.8 Å². The minimum absolute atomic E-state index is 0.0827. The molecule has 0 saturated carbocycles. The molecular weight excluding hydrogens is 366 g/mol. The second-order valence-corrected chi connectivity index (χ2v) is 6.63. The van der Waals surface area contributed by atoms with E-state index in [2.05, 4.69) is 5.32 Å². The minimum Gasteiger partial charge on any atom is -0.465 e. The second-order valence-electron chi connectivity index (χ2n) is 6.63. The van der Waals surface area contributed by atoms with Crippen molar-refractivity contribution in [3.05, 3.63) is 29.3 Å². The van der Waals surface area contributed by atoms with Gasteiger partial charge in [-0.1, -0.05) is 12.1 Å². The lowest BCUT2D eigenvalue weighted by molar-refractivity contribution is -0.164. The molecule has 1 aromatic rings. The van der Waals surface area contributed by atoms with Crippen molar-refractivity contribution in [1.29, 1.82) is 0 Å². The van der Waals surface area contributed by atoms with E-state index in [4.69, 9.17) is 14.2 Å². The molecule has 1 aliphatic heterocycles. The molecule has 0 spiro atoms. The average molecular weight is 391 g/mol. The summed E-state index contributed by atoms with van der Waals surface area (Å²) in [7, 11) is 0. The lowest BCUT2D eigenvalue weighted by atomic mass is 9.77. The van der Waals surface area contributed by atoms with Gasteiger partial charge in [-0.25, -0.2) is 0 Å². The fraction of sp³-hybridized carbons (Fsp3) is 0.500. The number of carbonyl (C=O) groups excluding carboxylic acids is 4. The van der Waals surface area contributed by atoms with Crippen LogP contribution in [0.1, 0.15) is 45.7 Å². The molecule has 0 aromatic heterocycles. The van der Waals surface area contributed by atoms with Crippen LogP contribution in [0.15, 0.2) is 18.2 Å². The number of fused-ring (bicyclic) bond motifs is 1. The number of benzene rings is 1. The monoisotopic (exact) mass is 391 g/mol. The highest BCUT2D eigenvalue weighted by Crippen LogP contribution is 2.41. The number of rotatable bonds is 7. The van der Waals surface area contributed by atoms with E-state index in [0.29, 0.717) is 11.3 Å². The van der Waals surface area contributed by atoms with Crippen LogP contribution in [0.2, 0.25) is 0 Å². The molecule has 1 N–H and O–H groups in total. The molecule has 0 radical (unpaired) electrons. The number of hydrogen-bond donors (Lipinski definition) is 1. The smallest absolute Gasteiger partial charge is 0.327 e. The molecule has 1 atom stereocenters. The van der Waals surface area contributed by atoms with Crippen molar-refractivity contribution in [1.82, 2.24) is 0 Å². The molecule has 0 fully saturated rings. The van der Waals surface area contributed by atoms with Crippen molar-refractivity contribution in [2.45, 2.75) is 45.4 Å². The molecule has 1 aromatic carbocycles. The van der Waals surface area contributed by atoms with Crippen molar-refractivity contribution in [2.24, 2.45) is 0 Å². The number of ether oxygens (including phenoxy) is 3. The summed E-state index contributed by atoms with van der Waals surface area (Å²) < 4.78 is 15.3. The second kappa shape index (κ2) is 8.00. The summed E-state index contributed by atoms with van der Waals surface area (Å²) in [6.07, 6.45) is 0. The van der Waals surface area contributed by atoms with Gasteiger partial charge in [0.1, 0.15) is 0 Å². The summed E-state index contributed by atoms with van der Waals surface area (Å²) in [5, 5.41) is 2.64. The number of carbonyl (C=O) groups is 4. The normalized spacial score (nSPS) is 18.1. The van der Waals surface area contributed by atoms with E-state index in [9.17, 15) is 19.2 Å². The topological polar surface area (TPSA) is 108 Å². The molecular formula is C20H25NO7.